The van der Waals surface area contributed by atoms with Crippen molar-refractivity contribution in [2.24, 2.45) is 46.3 Å². The molecule has 39 heavy (non-hydrogen) atoms. The highest BCUT2D eigenvalue weighted by molar-refractivity contribution is 5.15. The van der Waals surface area contributed by atoms with Crippen molar-refractivity contribution in [2.75, 3.05) is 6.61 Å². The van der Waals surface area contributed by atoms with E-state index in [1.807, 2.05) is 6.92 Å². The smallest absolute Gasteiger partial charge is 0.157 e. The fourth-order valence-corrected chi connectivity index (χ4v) is 10.8. The van der Waals surface area contributed by atoms with Gasteiger partial charge in [-0.3, -0.25) is 0 Å². The summed E-state index contributed by atoms with van der Waals surface area (Å²) >= 11 is 0. The topological polar surface area (TPSA) is 62.2 Å². The van der Waals surface area contributed by atoms with Crippen LogP contribution in [0.2, 0.25) is 0 Å². The second kappa shape index (κ2) is 11.7. The van der Waals surface area contributed by atoms with Crippen LogP contribution in [0, 0.1) is 46.3 Å². The molecule has 4 fully saturated rings. The molecule has 0 aromatic heterocycles. The zero-order valence-electron chi connectivity index (χ0n) is 26.1. The van der Waals surface area contributed by atoms with E-state index in [4.69, 9.17) is 9.47 Å². The van der Waals surface area contributed by atoms with Crippen LogP contribution in [0.5, 0.6) is 0 Å². The van der Waals surface area contributed by atoms with Gasteiger partial charge in [-0.15, -0.1) is 0 Å². The Morgan fingerprint density at radius 1 is 1.05 bits per heavy atom. The zero-order chi connectivity index (χ0) is 28.0. The first-order chi connectivity index (χ1) is 18.5. The fourth-order valence-electron chi connectivity index (χ4n) is 10.8. The second-order valence-corrected chi connectivity index (χ2v) is 15.4. The SMILES string of the molecule is CCC(CC)C1=CC(C)C(CC2CC(CCC3C4(CCC5C(C)(CC(C)O)CCCC53C)CO4)C(O)O2)CC1. The minimum absolute atomic E-state index is 0.0779. The Hall–Kier alpha value is -0.420. The van der Waals surface area contributed by atoms with E-state index in [2.05, 4.69) is 40.7 Å². The molecule has 0 bridgehead atoms. The van der Waals surface area contributed by atoms with Gasteiger partial charge in [-0.2, -0.15) is 0 Å². The van der Waals surface area contributed by atoms with Gasteiger partial charge in [0.2, 0.25) is 0 Å². The first kappa shape index (κ1) is 30.1. The Kier molecular flexibility index (Phi) is 9.01. The fraction of sp³-hybridized carbons (Fsp3) is 0.943. The number of fused-ring (bicyclic) bond motifs is 1. The Balaban J connectivity index is 1.20. The Morgan fingerprint density at radius 2 is 1.79 bits per heavy atom. The third kappa shape index (κ3) is 5.93. The van der Waals surface area contributed by atoms with Gasteiger partial charge in [0.05, 0.1) is 24.4 Å². The Labute approximate surface area is 239 Å². The molecule has 0 aromatic carbocycles. The number of aliphatic hydroxyl groups excluding tert-OH is 2. The molecule has 5 rings (SSSR count). The molecule has 0 aromatic rings. The predicted molar refractivity (Wildman–Crippen MR) is 158 cm³/mol. The van der Waals surface area contributed by atoms with Gasteiger partial charge >= 0.3 is 0 Å². The van der Waals surface area contributed by atoms with E-state index in [-0.39, 0.29) is 34.6 Å². The molecular formula is C35H60O4. The highest BCUT2D eigenvalue weighted by Crippen LogP contribution is 2.67. The normalized spacial score (nSPS) is 46.8. The minimum Gasteiger partial charge on any atom is -0.393 e. The quantitative estimate of drug-likeness (QED) is 0.216. The van der Waals surface area contributed by atoms with E-state index >= 15 is 0 Å². The molecule has 5 aliphatic rings. The maximum atomic E-state index is 11.0. The number of hydrogen-bond acceptors (Lipinski definition) is 4. The Bertz CT molecular complexity index is 859. The lowest BCUT2D eigenvalue weighted by Crippen LogP contribution is -2.55. The summed E-state index contributed by atoms with van der Waals surface area (Å²) in [5, 5.41) is 21.3. The van der Waals surface area contributed by atoms with Crippen LogP contribution in [0.3, 0.4) is 0 Å². The largest absolute Gasteiger partial charge is 0.393 e. The van der Waals surface area contributed by atoms with Gasteiger partial charge in [0.1, 0.15) is 0 Å². The van der Waals surface area contributed by atoms with Crippen LogP contribution in [0.4, 0.5) is 0 Å². The summed E-state index contributed by atoms with van der Waals surface area (Å²) in [4.78, 5) is 0. The van der Waals surface area contributed by atoms with Gasteiger partial charge in [-0.1, -0.05) is 52.7 Å². The summed E-state index contributed by atoms with van der Waals surface area (Å²) in [5.74, 6) is 3.50. The van der Waals surface area contributed by atoms with Crippen LogP contribution < -0.4 is 0 Å². The molecule has 224 valence electrons. The lowest BCUT2D eigenvalue weighted by molar-refractivity contribution is -0.132. The zero-order valence-corrected chi connectivity index (χ0v) is 26.1. The van der Waals surface area contributed by atoms with Crippen molar-refractivity contribution in [1.29, 1.82) is 0 Å². The number of allylic oxidation sites excluding steroid dienone is 2. The van der Waals surface area contributed by atoms with Gasteiger partial charge in [0, 0.05) is 5.92 Å². The molecule has 0 amide bonds. The number of ether oxygens (including phenoxy) is 2. The van der Waals surface area contributed by atoms with Crippen molar-refractivity contribution < 1.29 is 19.7 Å². The summed E-state index contributed by atoms with van der Waals surface area (Å²) < 4.78 is 12.5. The van der Waals surface area contributed by atoms with E-state index in [1.54, 1.807) is 5.57 Å². The Morgan fingerprint density at radius 3 is 2.44 bits per heavy atom. The molecule has 2 aliphatic heterocycles. The van der Waals surface area contributed by atoms with Crippen molar-refractivity contribution in [3.8, 4) is 0 Å². The van der Waals surface area contributed by atoms with Gasteiger partial charge in [-0.05, 0) is 131 Å². The molecule has 3 aliphatic carbocycles. The van der Waals surface area contributed by atoms with Gasteiger partial charge in [-0.25, -0.2) is 0 Å². The van der Waals surface area contributed by atoms with E-state index in [1.165, 1.54) is 57.8 Å². The van der Waals surface area contributed by atoms with Crippen LogP contribution >= 0.6 is 0 Å². The number of aliphatic hydroxyl groups is 2. The van der Waals surface area contributed by atoms with E-state index in [0.29, 0.717) is 23.7 Å². The van der Waals surface area contributed by atoms with Crippen molar-refractivity contribution in [3.05, 3.63) is 11.6 Å². The lowest BCUT2D eigenvalue weighted by atomic mass is 9.44. The average molecular weight is 545 g/mol. The maximum absolute atomic E-state index is 11.0. The highest BCUT2D eigenvalue weighted by Gasteiger charge is 2.65. The number of rotatable bonds is 10. The molecule has 2 heterocycles. The summed E-state index contributed by atoms with van der Waals surface area (Å²) in [6.07, 6.45) is 18.3. The van der Waals surface area contributed by atoms with Crippen molar-refractivity contribution in [3.63, 3.8) is 0 Å². The number of hydrogen-bond donors (Lipinski definition) is 2. The van der Waals surface area contributed by atoms with E-state index in [0.717, 1.165) is 44.6 Å². The molecule has 4 heteroatoms. The second-order valence-electron chi connectivity index (χ2n) is 15.4. The first-order valence-electron chi connectivity index (χ1n) is 16.9. The van der Waals surface area contributed by atoms with Crippen molar-refractivity contribution in [2.45, 2.75) is 156 Å². The molecule has 1 spiro atoms. The maximum Gasteiger partial charge on any atom is 0.157 e. The van der Waals surface area contributed by atoms with Crippen molar-refractivity contribution >= 4 is 0 Å². The standard InChI is InChI=1S/C35H60O4/c1-7-25(8-2)27-11-10-26(23(3)18-27)19-29-20-28(32(37)39-29)12-13-31-34(6)16-9-15-33(5,21-24(4)36)30(34)14-17-35(31)22-38-35/h18,23-26,28-32,36-37H,7-17,19-22H2,1-6H3. The van der Waals surface area contributed by atoms with Crippen LogP contribution in [0.15, 0.2) is 11.6 Å². The van der Waals surface area contributed by atoms with Crippen LogP contribution in [0.25, 0.3) is 0 Å². The third-order valence-corrected chi connectivity index (χ3v) is 12.9. The summed E-state index contributed by atoms with van der Waals surface area (Å²) in [5.41, 5.74) is 2.25. The predicted octanol–water partition coefficient (Wildman–Crippen LogP) is 8.05. The first-order valence-corrected chi connectivity index (χ1v) is 16.9. The highest BCUT2D eigenvalue weighted by atomic mass is 16.6. The van der Waals surface area contributed by atoms with Crippen molar-refractivity contribution in [1.82, 2.24) is 0 Å². The molecule has 2 saturated heterocycles. The molecule has 2 saturated carbocycles. The minimum atomic E-state index is -0.611. The molecule has 0 radical (unpaired) electrons. The number of epoxide rings is 1. The summed E-state index contributed by atoms with van der Waals surface area (Å²) in [6, 6.07) is 0. The van der Waals surface area contributed by atoms with Gasteiger partial charge < -0.3 is 19.7 Å². The van der Waals surface area contributed by atoms with Crippen LogP contribution in [0.1, 0.15) is 131 Å². The lowest BCUT2D eigenvalue weighted by Gasteiger charge is -2.60. The third-order valence-electron chi connectivity index (χ3n) is 12.9. The van der Waals surface area contributed by atoms with Gasteiger partial charge in [0.15, 0.2) is 6.29 Å². The monoisotopic (exact) mass is 544 g/mol. The van der Waals surface area contributed by atoms with Gasteiger partial charge in [0.25, 0.3) is 0 Å². The molecule has 2 N–H and O–H groups in total. The summed E-state index contributed by atoms with van der Waals surface area (Å²) in [7, 11) is 0. The molecule has 11 unspecified atom stereocenters. The van der Waals surface area contributed by atoms with E-state index in [9.17, 15) is 10.2 Å². The molecular weight excluding hydrogens is 484 g/mol. The molecule has 11 atom stereocenters. The summed E-state index contributed by atoms with van der Waals surface area (Å²) in [6.45, 7) is 15.0. The van der Waals surface area contributed by atoms with Crippen LogP contribution in [-0.4, -0.2) is 40.9 Å². The average Bonchev–Trinajstić information content (AvgIpc) is 3.54. The van der Waals surface area contributed by atoms with E-state index < -0.39 is 6.29 Å². The molecule has 4 nitrogen and oxygen atoms in total. The van der Waals surface area contributed by atoms with Crippen LogP contribution in [-0.2, 0) is 9.47 Å².